The van der Waals surface area contributed by atoms with Crippen LogP contribution in [0.4, 0.5) is 0 Å². The van der Waals surface area contributed by atoms with Crippen molar-refractivity contribution in [1.82, 2.24) is 9.97 Å². The zero-order valence-electron chi connectivity index (χ0n) is 14.2. The fraction of sp³-hybridized carbons (Fsp3) is 0.111. The van der Waals surface area contributed by atoms with Crippen LogP contribution in [0.15, 0.2) is 45.7 Å². The van der Waals surface area contributed by atoms with E-state index in [1.165, 1.54) is 23.7 Å². The smallest absolute Gasteiger partial charge is 0.256 e. The molecule has 138 valence electrons. The van der Waals surface area contributed by atoms with E-state index in [2.05, 4.69) is 9.97 Å². The Labute approximate surface area is 169 Å². The second-order valence-corrected chi connectivity index (χ2v) is 9.80. The average Bonchev–Trinajstić information content (AvgIpc) is 3.17. The van der Waals surface area contributed by atoms with Crippen LogP contribution in [-0.2, 0) is 9.84 Å². The SMILES string of the molecule is Cc1oc(-c2nc3ccc(S(C)(=O)=O)cc3s2)nc1-c1c(Cl)cccc1Cl. The molecule has 2 aromatic heterocycles. The molecular weight excluding hydrogens is 427 g/mol. The van der Waals surface area contributed by atoms with Crippen molar-refractivity contribution in [1.29, 1.82) is 0 Å². The Bertz CT molecular complexity index is 1270. The van der Waals surface area contributed by atoms with Gasteiger partial charge in [-0.25, -0.2) is 18.4 Å². The zero-order valence-corrected chi connectivity index (χ0v) is 17.3. The zero-order chi connectivity index (χ0) is 19.3. The molecule has 0 aliphatic rings. The highest BCUT2D eigenvalue weighted by Gasteiger charge is 2.20. The van der Waals surface area contributed by atoms with Gasteiger partial charge in [-0.1, -0.05) is 29.3 Å². The first-order chi connectivity index (χ1) is 12.7. The highest BCUT2D eigenvalue weighted by molar-refractivity contribution is 7.90. The Morgan fingerprint density at radius 3 is 2.44 bits per heavy atom. The van der Waals surface area contributed by atoms with Gasteiger partial charge in [-0.15, -0.1) is 11.3 Å². The number of nitrogens with zero attached hydrogens (tertiary/aromatic N) is 2. The number of thiazole rings is 1. The molecule has 0 N–H and O–H groups in total. The van der Waals surface area contributed by atoms with Gasteiger partial charge in [0.1, 0.15) is 11.5 Å². The summed E-state index contributed by atoms with van der Waals surface area (Å²) in [6.07, 6.45) is 1.17. The maximum Gasteiger partial charge on any atom is 0.256 e. The van der Waals surface area contributed by atoms with Crippen LogP contribution in [0.25, 0.3) is 32.4 Å². The number of aromatic nitrogens is 2. The van der Waals surface area contributed by atoms with Crippen LogP contribution in [0, 0.1) is 6.92 Å². The minimum Gasteiger partial charge on any atom is -0.439 e. The van der Waals surface area contributed by atoms with Gasteiger partial charge in [0, 0.05) is 11.8 Å². The van der Waals surface area contributed by atoms with Crippen molar-refractivity contribution < 1.29 is 12.8 Å². The van der Waals surface area contributed by atoms with Gasteiger partial charge in [0.2, 0.25) is 0 Å². The largest absolute Gasteiger partial charge is 0.439 e. The van der Waals surface area contributed by atoms with Gasteiger partial charge in [-0.2, -0.15) is 0 Å². The summed E-state index contributed by atoms with van der Waals surface area (Å²) in [6, 6.07) is 10.1. The predicted molar refractivity (Wildman–Crippen MR) is 108 cm³/mol. The summed E-state index contributed by atoms with van der Waals surface area (Å²) in [4.78, 5) is 9.28. The number of hydrogen-bond acceptors (Lipinski definition) is 6. The normalized spacial score (nSPS) is 12.0. The number of halogens is 2. The highest BCUT2D eigenvalue weighted by atomic mass is 35.5. The molecule has 0 spiro atoms. The monoisotopic (exact) mass is 438 g/mol. The molecule has 27 heavy (non-hydrogen) atoms. The predicted octanol–water partition coefficient (Wildman–Crippen LogP) is 5.64. The number of fused-ring (bicyclic) bond motifs is 1. The van der Waals surface area contributed by atoms with Crippen LogP contribution in [-0.4, -0.2) is 24.6 Å². The Morgan fingerprint density at radius 1 is 1.07 bits per heavy atom. The molecule has 0 amide bonds. The number of sulfone groups is 1. The summed E-state index contributed by atoms with van der Waals surface area (Å²) >= 11 is 13.9. The third-order valence-corrected chi connectivity index (χ3v) is 6.71. The molecule has 0 saturated heterocycles. The van der Waals surface area contributed by atoms with Crippen LogP contribution in [0.5, 0.6) is 0 Å². The Morgan fingerprint density at radius 2 is 1.78 bits per heavy atom. The lowest BCUT2D eigenvalue weighted by molar-refractivity contribution is 0.543. The van der Waals surface area contributed by atoms with Crippen molar-refractivity contribution in [3.63, 3.8) is 0 Å². The lowest BCUT2D eigenvalue weighted by atomic mass is 10.1. The second kappa shape index (κ2) is 6.60. The number of benzene rings is 2. The van der Waals surface area contributed by atoms with Gasteiger partial charge in [-0.3, -0.25) is 0 Å². The van der Waals surface area contributed by atoms with E-state index in [1.54, 1.807) is 37.3 Å². The lowest BCUT2D eigenvalue weighted by Gasteiger charge is -2.03. The molecule has 0 bridgehead atoms. The van der Waals surface area contributed by atoms with E-state index in [4.69, 9.17) is 27.6 Å². The Hall–Kier alpha value is -1.93. The number of aryl methyl sites for hydroxylation is 1. The van der Waals surface area contributed by atoms with E-state index in [0.717, 1.165) is 4.70 Å². The van der Waals surface area contributed by atoms with E-state index in [1.807, 2.05) is 0 Å². The Kier molecular flexibility index (Phi) is 4.50. The molecule has 0 fully saturated rings. The fourth-order valence-corrected chi connectivity index (χ4v) is 4.90. The van der Waals surface area contributed by atoms with Crippen LogP contribution >= 0.6 is 34.5 Å². The summed E-state index contributed by atoms with van der Waals surface area (Å²) < 4.78 is 30.0. The van der Waals surface area contributed by atoms with Gasteiger partial charge in [-0.05, 0) is 37.3 Å². The van der Waals surface area contributed by atoms with Crippen molar-refractivity contribution in [2.75, 3.05) is 6.26 Å². The first-order valence-corrected chi connectivity index (χ1v) is 11.2. The molecule has 4 rings (SSSR count). The van der Waals surface area contributed by atoms with Crippen molar-refractivity contribution in [2.45, 2.75) is 11.8 Å². The first-order valence-electron chi connectivity index (χ1n) is 7.77. The molecular formula is C18H12Cl2N2O3S2. The second-order valence-electron chi connectivity index (χ2n) is 5.94. The molecule has 0 aliphatic carbocycles. The summed E-state index contributed by atoms with van der Waals surface area (Å²) in [5.74, 6) is 0.900. The number of rotatable bonds is 3. The van der Waals surface area contributed by atoms with Gasteiger partial charge in [0.05, 0.1) is 25.2 Å². The van der Waals surface area contributed by atoms with Crippen LogP contribution in [0.2, 0.25) is 10.0 Å². The van der Waals surface area contributed by atoms with E-state index in [9.17, 15) is 8.42 Å². The Balaban J connectivity index is 1.83. The van der Waals surface area contributed by atoms with Crippen molar-refractivity contribution in [2.24, 2.45) is 0 Å². The average molecular weight is 439 g/mol. The van der Waals surface area contributed by atoms with Gasteiger partial charge in [0.15, 0.2) is 14.8 Å². The molecule has 0 atom stereocenters. The third kappa shape index (κ3) is 3.36. The molecule has 9 heteroatoms. The molecule has 0 radical (unpaired) electrons. The van der Waals surface area contributed by atoms with Crippen LogP contribution in [0.3, 0.4) is 0 Å². The molecule has 0 aliphatic heterocycles. The summed E-state index contributed by atoms with van der Waals surface area (Å²) in [5, 5.41) is 1.51. The van der Waals surface area contributed by atoms with E-state index in [-0.39, 0.29) is 4.90 Å². The first kappa shape index (κ1) is 18.4. The van der Waals surface area contributed by atoms with Crippen LogP contribution in [0.1, 0.15) is 5.76 Å². The van der Waals surface area contributed by atoms with Crippen molar-refractivity contribution >= 4 is 54.6 Å². The molecule has 0 saturated carbocycles. The number of hydrogen-bond donors (Lipinski definition) is 0. The molecule has 0 unspecified atom stereocenters. The highest BCUT2D eigenvalue weighted by Crippen LogP contribution is 2.39. The maximum atomic E-state index is 11.8. The third-order valence-electron chi connectivity index (χ3n) is 3.97. The summed E-state index contributed by atoms with van der Waals surface area (Å²) in [6.45, 7) is 1.78. The van der Waals surface area contributed by atoms with Crippen molar-refractivity contribution in [3.8, 4) is 22.2 Å². The quantitative estimate of drug-likeness (QED) is 0.413. The van der Waals surface area contributed by atoms with Crippen LogP contribution < -0.4 is 0 Å². The fourth-order valence-electron chi connectivity index (χ4n) is 2.67. The van der Waals surface area contributed by atoms with E-state index in [0.29, 0.717) is 43.5 Å². The van der Waals surface area contributed by atoms with E-state index >= 15 is 0 Å². The van der Waals surface area contributed by atoms with E-state index < -0.39 is 9.84 Å². The summed E-state index contributed by atoms with van der Waals surface area (Å²) in [5.41, 5.74) is 1.83. The molecule has 2 heterocycles. The van der Waals surface area contributed by atoms with Gasteiger partial charge >= 0.3 is 0 Å². The maximum absolute atomic E-state index is 11.8. The van der Waals surface area contributed by atoms with Gasteiger partial charge in [0.25, 0.3) is 5.89 Å². The number of oxazole rings is 1. The minimum atomic E-state index is -3.29. The van der Waals surface area contributed by atoms with Crippen molar-refractivity contribution in [3.05, 3.63) is 52.2 Å². The molecule has 4 aromatic rings. The minimum absolute atomic E-state index is 0.248. The standard InChI is InChI=1S/C18H12Cl2N2O3S2/c1-9-16(15-11(19)4-3-5-12(15)20)22-17(25-9)18-21-13-7-6-10(27(2,23)24)8-14(13)26-18/h3-8H,1-2H3. The lowest BCUT2D eigenvalue weighted by Crippen LogP contribution is -1.95. The molecule has 5 nitrogen and oxygen atoms in total. The van der Waals surface area contributed by atoms with Gasteiger partial charge < -0.3 is 4.42 Å². The summed E-state index contributed by atoms with van der Waals surface area (Å²) in [7, 11) is -3.29. The molecule has 2 aromatic carbocycles. The topological polar surface area (TPSA) is 73.1 Å².